The molecular formula is C20H21N3O3S. The highest BCUT2D eigenvalue weighted by Gasteiger charge is 2.15. The summed E-state index contributed by atoms with van der Waals surface area (Å²) in [7, 11) is -2.11. The number of sulfonamides is 1. The molecule has 6 nitrogen and oxygen atoms in total. The zero-order chi connectivity index (χ0) is 19.3. The molecule has 0 unspecified atom stereocenters. The van der Waals surface area contributed by atoms with Crippen LogP contribution in [0.15, 0.2) is 71.8 Å². The zero-order valence-corrected chi connectivity index (χ0v) is 16.0. The van der Waals surface area contributed by atoms with E-state index in [9.17, 15) is 8.42 Å². The number of aryl methyl sites for hydroxylation is 1. The van der Waals surface area contributed by atoms with E-state index in [4.69, 9.17) is 4.74 Å². The van der Waals surface area contributed by atoms with Gasteiger partial charge in [-0.2, -0.15) is 0 Å². The zero-order valence-electron chi connectivity index (χ0n) is 15.1. The average Bonchev–Trinajstić information content (AvgIpc) is 2.68. The quantitative estimate of drug-likeness (QED) is 0.648. The topological polar surface area (TPSA) is 80.3 Å². The molecule has 0 aliphatic carbocycles. The first-order chi connectivity index (χ1) is 13.0. The number of nitrogens with zero attached hydrogens (tertiary/aromatic N) is 1. The molecule has 1 aromatic heterocycles. The van der Waals surface area contributed by atoms with E-state index in [-0.39, 0.29) is 4.90 Å². The number of hydrogen-bond donors (Lipinski definition) is 2. The minimum absolute atomic E-state index is 0.193. The minimum atomic E-state index is -3.66. The highest BCUT2D eigenvalue weighted by atomic mass is 32.2. The van der Waals surface area contributed by atoms with Gasteiger partial charge in [0.1, 0.15) is 5.75 Å². The van der Waals surface area contributed by atoms with Crippen LogP contribution in [0.1, 0.15) is 11.3 Å². The Kier molecular flexibility index (Phi) is 5.61. The molecular weight excluding hydrogens is 362 g/mol. The van der Waals surface area contributed by atoms with Crippen LogP contribution in [0.2, 0.25) is 0 Å². The van der Waals surface area contributed by atoms with Crippen LogP contribution in [0, 0.1) is 6.92 Å². The lowest BCUT2D eigenvalue weighted by Crippen LogP contribution is -2.13. The Bertz CT molecular complexity index is 1000. The Balaban J connectivity index is 1.67. The largest absolute Gasteiger partial charge is 0.496 e. The van der Waals surface area contributed by atoms with Gasteiger partial charge in [0.05, 0.1) is 24.2 Å². The molecule has 0 spiro atoms. The lowest BCUT2D eigenvalue weighted by Gasteiger charge is -2.11. The molecule has 7 heteroatoms. The van der Waals surface area contributed by atoms with E-state index in [0.29, 0.717) is 18.0 Å². The predicted octanol–water partition coefficient (Wildman–Crippen LogP) is 3.81. The summed E-state index contributed by atoms with van der Waals surface area (Å²) < 4.78 is 32.9. The third kappa shape index (κ3) is 4.77. The van der Waals surface area contributed by atoms with Crippen LogP contribution in [0.4, 0.5) is 11.4 Å². The molecule has 0 fully saturated rings. The van der Waals surface area contributed by atoms with E-state index >= 15 is 0 Å². The number of hydrogen-bond acceptors (Lipinski definition) is 5. The van der Waals surface area contributed by atoms with Crippen LogP contribution < -0.4 is 14.8 Å². The Hall–Kier alpha value is -3.06. The average molecular weight is 383 g/mol. The van der Waals surface area contributed by atoms with Crippen LogP contribution in [-0.2, 0) is 16.6 Å². The first kappa shape index (κ1) is 18.7. The van der Waals surface area contributed by atoms with Gasteiger partial charge in [-0.05, 0) is 67.1 Å². The van der Waals surface area contributed by atoms with Gasteiger partial charge >= 0.3 is 0 Å². The summed E-state index contributed by atoms with van der Waals surface area (Å²) in [6, 6.07) is 17.6. The molecule has 2 N–H and O–H groups in total. The van der Waals surface area contributed by atoms with E-state index in [1.165, 1.54) is 6.07 Å². The SMILES string of the molecule is COc1ccc(S(=O)(=O)Nc2ccc(NCc3ccccn3)cc2)cc1C. The summed E-state index contributed by atoms with van der Waals surface area (Å²) in [4.78, 5) is 4.44. The molecule has 0 saturated heterocycles. The number of rotatable bonds is 7. The molecule has 27 heavy (non-hydrogen) atoms. The molecule has 3 aromatic rings. The van der Waals surface area contributed by atoms with Crippen molar-refractivity contribution in [3.63, 3.8) is 0 Å². The van der Waals surface area contributed by atoms with E-state index in [1.54, 1.807) is 44.5 Å². The van der Waals surface area contributed by atoms with Crippen molar-refractivity contribution in [3.05, 3.63) is 78.1 Å². The van der Waals surface area contributed by atoms with Gasteiger partial charge in [-0.3, -0.25) is 9.71 Å². The van der Waals surface area contributed by atoms with E-state index < -0.39 is 10.0 Å². The molecule has 0 atom stereocenters. The maximum Gasteiger partial charge on any atom is 0.261 e. The van der Waals surface area contributed by atoms with Crippen LogP contribution in [0.5, 0.6) is 5.75 Å². The molecule has 2 aromatic carbocycles. The monoisotopic (exact) mass is 383 g/mol. The van der Waals surface area contributed by atoms with Crippen molar-refractivity contribution in [1.82, 2.24) is 4.98 Å². The van der Waals surface area contributed by atoms with Gasteiger partial charge in [-0.15, -0.1) is 0 Å². The molecule has 140 valence electrons. The number of pyridine rings is 1. The first-order valence-corrected chi connectivity index (χ1v) is 9.87. The van der Waals surface area contributed by atoms with Crippen LogP contribution in [0.25, 0.3) is 0 Å². The smallest absolute Gasteiger partial charge is 0.261 e. The number of benzene rings is 2. The second-order valence-electron chi connectivity index (χ2n) is 5.99. The lowest BCUT2D eigenvalue weighted by atomic mass is 10.2. The fourth-order valence-electron chi connectivity index (χ4n) is 2.58. The molecule has 0 aliphatic heterocycles. The second-order valence-corrected chi connectivity index (χ2v) is 7.67. The van der Waals surface area contributed by atoms with Crippen molar-refractivity contribution in [2.75, 3.05) is 17.1 Å². The fourth-order valence-corrected chi connectivity index (χ4v) is 3.73. The van der Waals surface area contributed by atoms with Crippen molar-refractivity contribution in [2.45, 2.75) is 18.4 Å². The van der Waals surface area contributed by atoms with Gasteiger partial charge < -0.3 is 10.1 Å². The Labute approximate surface area is 159 Å². The van der Waals surface area contributed by atoms with Crippen LogP contribution in [0.3, 0.4) is 0 Å². The number of nitrogens with one attached hydrogen (secondary N) is 2. The normalized spacial score (nSPS) is 11.0. The summed E-state index contributed by atoms with van der Waals surface area (Å²) in [5, 5.41) is 3.25. The maximum atomic E-state index is 12.6. The van der Waals surface area contributed by atoms with E-state index in [0.717, 1.165) is 16.9 Å². The Morgan fingerprint density at radius 3 is 2.37 bits per heavy atom. The minimum Gasteiger partial charge on any atom is -0.496 e. The predicted molar refractivity (Wildman–Crippen MR) is 107 cm³/mol. The summed E-state index contributed by atoms with van der Waals surface area (Å²) >= 11 is 0. The van der Waals surface area contributed by atoms with Crippen molar-refractivity contribution in [1.29, 1.82) is 0 Å². The molecule has 0 bridgehead atoms. The van der Waals surface area contributed by atoms with Crippen molar-refractivity contribution >= 4 is 21.4 Å². The second kappa shape index (κ2) is 8.09. The third-order valence-electron chi connectivity index (χ3n) is 4.01. The number of aromatic nitrogens is 1. The number of methoxy groups -OCH3 is 1. The van der Waals surface area contributed by atoms with Gasteiger partial charge in [-0.25, -0.2) is 8.42 Å². The summed E-state index contributed by atoms with van der Waals surface area (Å²) in [6.45, 7) is 2.40. The van der Waals surface area contributed by atoms with Crippen molar-refractivity contribution < 1.29 is 13.2 Å². The highest BCUT2D eigenvalue weighted by Crippen LogP contribution is 2.23. The molecule has 0 aliphatic rings. The van der Waals surface area contributed by atoms with Crippen molar-refractivity contribution in [3.8, 4) is 5.75 Å². The molecule has 0 radical (unpaired) electrons. The van der Waals surface area contributed by atoms with Crippen molar-refractivity contribution in [2.24, 2.45) is 0 Å². The highest BCUT2D eigenvalue weighted by molar-refractivity contribution is 7.92. The molecule has 0 saturated carbocycles. The molecule has 3 rings (SSSR count). The molecule has 1 heterocycles. The van der Waals surface area contributed by atoms with Gasteiger partial charge in [0.2, 0.25) is 0 Å². The van der Waals surface area contributed by atoms with Gasteiger partial charge in [0, 0.05) is 17.6 Å². The van der Waals surface area contributed by atoms with Crippen LogP contribution >= 0.6 is 0 Å². The number of anilines is 2. The first-order valence-electron chi connectivity index (χ1n) is 8.39. The van der Waals surface area contributed by atoms with E-state index in [2.05, 4.69) is 15.0 Å². The van der Waals surface area contributed by atoms with Gasteiger partial charge in [-0.1, -0.05) is 6.07 Å². The third-order valence-corrected chi connectivity index (χ3v) is 5.39. The summed E-state index contributed by atoms with van der Waals surface area (Å²) in [5.41, 5.74) is 3.06. The van der Waals surface area contributed by atoms with Gasteiger partial charge in [0.25, 0.3) is 10.0 Å². The lowest BCUT2D eigenvalue weighted by molar-refractivity contribution is 0.411. The Morgan fingerprint density at radius 2 is 1.74 bits per heavy atom. The molecule has 0 amide bonds. The summed E-state index contributed by atoms with van der Waals surface area (Å²) in [5.74, 6) is 0.650. The fraction of sp³-hybridized carbons (Fsp3) is 0.150. The maximum absolute atomic E-state index is 12.6. The van der Waals surface area contributed by atoms with Gasteiger partial charge in [0.15, 0.2) is 0 Å². The number of ether oxygens (including phenoxy) is 1. The summed E-state index contributed by atoms with van der Waals surface area (Å²) in [6.07, 6.45) is 1.75. The standard InChI is InChI=1S/C20H21N3O3S/c1-15-13-19(10-11-20(15)26-2)27(24,25)23-17-8-6-16(7-9-17)22-14-18-5-3-4-12-21-18/h3-13,22-23H,14H2,1-2H3. The van der Waals surface area contributed by atoms with E-state index in [1.807, 2.05) is 30.3 Å². The van der Waals surface area contributed by atoms with Crippen LogP contribution in [-0.4, -0.2) is 20.5 Å². The Morgan fingerprint density at radius 1 is 1.00 bits per heavy atom.